The summed E-state index contributed by atoms with van der Waals surface area (Å²) >= 11 is 0. The zero-order valence-corrected chi connectivity index (χ0v) is 13.0. The molecule has 2 fully saturated rings. The molecule has 1 aromatic carbocycles. The van der Waals surface area contributed by atoms with E-state index in [1.165, 1.54) is 5.56 Å². The summed E-state index contributed by atoms with van der Waals surface area (Å²) in [5.41, 5.74) is 1.26. The number of hydrogen-bond acceptors (Lipinski definition) is 3. The molecule has 1 spiro atoms. The zero-order chi connectivity index (χ0) is 14.9. The quantitative estimate of drug-likeness (QED) is 0.854. The summed E-state index contributed by atoms with van der Waals surface area (Å²) in [7, 11) is 3.62. The van der Waals surface area contributed by atoms with Gasteiger partial charge in [-0.25, -0.2) is 0 Å². The van der Waals surface area contributed by atoms with Gasteiger partial charge in [-0.1, -0.05) is 12.1 Å². The Morgan fingerprint density at radius 3 is 2.24 bits per heavy atom. The van der Waals surface area contributed by atoms with Crippen molar-refractivity contribution in [2.75, 3.05) is 33.8 Å². The molecule has 2 aliphatic rings. The number of methoxy groups -OCH3 is 1. The molecule has 0 radical (unpaired) electrons. The summed E-state index contributed by atoms with van der Waals surface area (Å²) in [6.45, 7) is 3.93. The minimum atomic E-state index is -0.0504. The highest BCUT2D eigenvalue weighted by atomic mass is 16.5. The summed E-state index contributed by atoms with van der Waals surface area (Å²) < 4.78 is 5.19. The van der Waals surface area contributed by atoms with Crippen molar-refractivity contribution in [3.05, 3.63) is 29.8 Å². The van der Waals surface area contributed by atoms with Crippen LogP contribution in [0.4, 0.5) is 0 Å². The van der Waals surface area contributed by atoms with Crippen LogP contribution in [0.3, 0.4) is 0 Å². The van der Waals surface area contributed by atoms with Crippen molar-refractivity contribution in [1.29, 1.82) is 0 Å². The first kappa shape index (κ1) is 14.4. The average Bonchev–Trinajstić information content (AvgIpc) is 2.79. The van der Waals surface area contributed by atoms with Gasteiger partial charge in [0.2, 0.25) is 5.91 Å². The third-order valence-corrected chi connectivity index (χ3v) is 5.10. The zero-order valence-electron chi connectivity index (χ0n) is 13.0. The molecule has 1 amide bonds. The summed E-state index contributed by atoms with van der Waals surface area (Å²) in [4.78, 5) is 16.7. The molecule has 0 aromatic heterocycles. The maximum absolute atomic E-state index is 12.3. The van der Waals surface area contributed by atoms with Crippen molar-refractivity contribution in [3.63, 3.8) is 0 Å². The molecular weight excluding hydrogens is 264 g/mol. The number of hydrogen-bond donors (Lipinski definition) is 0. The van der Waals surface area contributed by atoms with Crippen LogP contribution in [0.1, 0.15) is 24.8 Å². The van der Waals surface area contributed by atoms with Crippen molar-refractivity contribution in [2.24, 2.45) is 5.41 Å². The van der Waals surface area contributed by atoms with Crippen LogP contribution >= 0.6 is 0 Å². The Kier molecular flexibility index (Phi) is 3.89. The Balaban J connectivity index is 1.57. The lowest BCUT2D eigenvalue weighted by Crippen LogP contribution is -2.43. The van der Waals surface area contributed by atoms with Gasteiger partial charge in [-0.15, -0.1) is 0 Å². The Labute approximate surface area is 126 Å². The monoisotopic (exact) mass is 288 g/mol. The van der Waals surface area contributed by atoms with E-state index >= 15 is 0 Å². The van der Waals surface area contributed by atoms with E-state index in [4.69, 9.17) is 4.74 Å². The largest absolute Gasteiger partial charge is 0.497 e. The molecule has 4 nitrogen and oxygen atoms in total. The second kappa shape index (κ2) is 5.68. The van der Waals surface area contributed by atoms with Gasteiger partial charge in [-0.3, -0.25) is 9.69 Å². The maximum Gasteiger partial charge on any atom is 0.228 e. The van der Waals surface area contributed by atoms with Crippen molar-refractivity contribution in [3.8, 4) is 5.75 Å². The van der Waals surface area contributed by atoms with E-state index in [1.807, 2.05) is 24.1 Å². The minimum Gasteiger partial charge on any atom is -0.497 e. The molecule has 0 N–H and O–H groups in total. The summed E-state index contributed by atoms with van der Waals surface area (Å²) in [5, 5.41) is 0. The van der Waals surface area contributed by atoms with Gasteiger partial charge in [0, 0.05) is 20.1 Å². The summed E-state index contributed by atoms with van der Waals surface area (Å²) in [6.07, 6.45) is 3.05. The van der Waals surface area contributed by atoms with E-state index in [0.29, 0.717) is 5.91 Å². The molecule has 2 heterocycles. The first-order chi connectivity index (χ1) is 10.1. The predicted octanol–water partition coefficient (Wildman–Crippen LogP) is 2.14. The number of benzene rings is 1. The van der Waals surface area contributed by atoms with Crippen LogP contribution in [-0.4, -0.2) is 49.5 Å². The molecule has 0 aliphatic carbocycles. The normalized spacial score (nSPS) is 22.0. The molecule has 4 heteroatoms. The van der Waals surface area contributed by atoms with Gasteiger partial charge < -0.3 is 9.64 Å². The fraction of sp³-hybridized carbons (Fsp3) is 0.588. The van der Waals surface area contributed by atoms with Gasteiger partial charge in [0.05, 0.1) is 12.5 Å². The maximum atomic E-state index is 12.3. The van der Waals surface area contributed by atoms with Gasteiger partial charge in [0.25, 0.3) is 0 Å². The first-order valence-electron chi connectivity index (χ1n) is 7.74. The van der Waals surface area contributed by atoms with Crippen LogP contribution in [-0.2, 0) is 11.3 Å². The predicted molar refractivity (Wildman–Crippen MR) is 82.2 cm³/mol. The van der Waals surface area contributed by atoms with Gasteiger partial charge in [-0.2, -0.15) is 0 Å². The highest BCUT2D eigenvalue weighted by Gasteiger charge is 2.46. The van der Waals surface area contributed by atoms with E-state index in [2.05, 4.69) is 17.0 Å². The minimum absolute atomic E-state index is 0.0504. The Morgan fingerprint density at radius 1 is 1.10 bits per heavy atom. The van der Waals surface area contributed by atoms with E-state index in [1.54, 1.807) is 7.11 Å². The van der Waals surface area contributed by atoms with Gasteiger partial charge in [0.1, 0.15) is 5.75 Å². The molecule has 1 aromatic rings. The van der Waals surface area contributed by atoms with Crippen LogP contribution in [0.25, 0.3) is 0 Å². The number of piperidine rings is 1. The van der Waals surface area contributed by atoms with Crippen molar-refractivity contribution >= 4 is 5.91 Å². The van der Waals surface area contributed by atoms with E-state index in [9.17, 15) is 4.79 Å². The lowest BCUT2D eigenvalue weighted by molar-refractivity contribution is -0.137. The Bertz CT molecular complexity index is 504. The van der Waals surface area contributed by atoms with E-state index in [-0.39, 0.29) is 5.41 Å². The third kappa shape index (κ3) is 2.77. The first-order valence-corrected chi connectivity index (χ1v) is 7.74. The highest BCUT2D eigenvalue weighted by Crippen LogP contribution is 2.41. The van der Waals surface area contributed by atoms with Crippen molar-refractivity contribution < 1.29 is 9.53 Å². The number of likely N-dealkylation sites (tertiary alicyclic amines) is 2. The number of rotatable bonds is 3. The SMILES string of the molecule is COc1ccc(CN2CCC3(CC2)CCN(C)C3=O)cc1. The molecule has 3 rings (SSSR count). The van der Waals surface area contributed by atoms with Gasteiger partial charge in [0.15, 0.2) is 0 Å². The molecule has 2 saturated heterocycles. The molecule has 0 bridgehead atoms. The van der Waals surface area contributed by atoms with Crippen LogP contribution in [0, 0.1) is 5.41 Å². The smallest absolute Gasteiger partial charge is 0.228 e. The third-order valence-electron chi connectivity index (χ3n) is 5.10. The fourth-order valence-electron chi connectivity index (χ4n) is 3.59. The Morgan fingerprint density at radius 2 is 1.71 bits per heavy atom. The number of amides is 1. The highest BCUT2D eigenvalue weighted by molar-refractivity contribution is 5.84. The Hall–Kier alpha value is -1.55. The molecular formula is C17H24N2O2. The number of ether oxygens (including phenoxy) is 1. The van der Waals surface area contributed by atoms with E-state index < -0.39 is 0 Å². The van der Waals surface area contributed by atoms with Gasteiger partial charge in [-0.05, 0) is 50.0 Å². The molecule has 0 saturated carbocycles. The van der Waals surface area contributed by atoms with Crippen LogP contribution < -0.4 is 4.74 Å². The molecule has 0 atom stereocenters. The number of carbonyl (C=O) groups is 1. The van der Waals surface area contributed by atoms with Crippen molar-refractivity contribution in [1.82, 2.24) is 9.80 Å². The molecule has 114 valence electrons. The number of nitrogens with zero attached hydrogens (tertiary/aromatic N) is 2. The second-order valence-corrected chi connectivity index (χ2v) is 6.38. The number of carbonyl (C=O) groups excluding carboxylic acids is 1. The van der Waals surface area contributed by atoms with Crippen LogP contribution in [0.5, 0.6) is 5.75 Å². The standard InChI is InChI=1S/C17H24N2O2/c1-18-10-7-17(16(18)20)8-11-19(12-9-17)13-14-3-5-15(21-2)6-4-14/h3-6H,7-13H2,1-2H3. The van der Waals surface area contributed by atoms with E-state index in [0.717, 1.165) is 51.2 Å². The fourth-order valence-corrected chi connectivity index (χ4v) is 3.59. The summed E-state index contributed by atoms with van der Waals surface area (Å²) in [5.74, 6) is 1.27. The molecule has 2 aliphatic heterocycles. The van der Waals surface area contributed by atoms with Crippen LogP contribution in [0.2, 0.25) is 0 Å². The average molecular weight is 288 g/mol. The second-order valence-electron chi connectivity index (χ2n) is 6.38. The van der Waals surface area contributed by atoms with Gasteiger partial charge >= 0.3 is 0 Å². The van der Waals surface area contributed by atoms with Crippen molar-refractivity contribution in [2.45, 2.75) is 25.8 Å². The molecule has 21 heavy (non-hydrogen) atoms. The van der Waals surface area contributed by atoms with Crippen LogP contribution in [0.15, 0.2) is 24.3 Å². The summed E-state index contributed by atoms with van der Waals surface area (Å²) in [6, 6.07) is 8.27. The molecule has 0 unspecified atom stereocenters. The lowest BCUT2D eigenvalue weighted by Gasteiger charge is -2.37. The topological polar surface area (TPSA) is 32.8 Å². The lowest BCUT2D eigenvalue weighted by atomic mass is 9.77.